The fourth-order valence-electron chi connectivity index (χ4n) is 4.42. The number of ether oxygens (including phenoxy) is 2. The molecule has 1 aliphatic carbocycles. The van der Waals surface area contributed by atoms with Gasteiger partial charge in [-0.25, -0.2) is 8.42 Å². The molecule has 1 N–H and O–H groups in total. The molecule has 172 valence electrons. The van der Waals surface area contributed by atoms with Gasteiger partial charge >= 0.3 is 0 Å². The Bertz CT molecular complexity index is 1040. The molecule has 32 heavy (non-hydrogen) atoms. The zero-order chi connectivity index (χ0) is 22.6. The Balaban J connectivity index is 1.52. The predicted octanol–water partition coefficient (Wildman–Crippen LogP) is 4.02. The Morgan fingerprint density at radius 2 is 1.72 bits per heavy atom. The molecule has 2 fully saturated rings. The maximum atomic E-state index is 13.0. The van der Waals surface area contributed by atoms with Crippen LogP contribution in [0.15, 0.2) is 47.4 Å². The van der Waals surface area contributed by atoms with E-state index in [1.54, 1.807) is 6.07 Å². The first kappa shape index (κ1) is 22.8. The number of benzene rings is 2. The van der Waals surface area contributed by atoms with E-state index in [1.165, 1.54) is 61.2 Å². The number of rotatable bonds is 6. The highest BCUT2D eigenvalue weighted by Gasteiger charge is 2.27. The van der Waals surface area contributed by atoms with Crippen molar-refractivity contribution in [2.45, 2.75) is 42.9 Å². The van der Waals surface area contributed by atoms with E-state index < -0.39 is 10.0 Å². The van der Waals surface area contributed by atoms with Crippen LogP contribution in [0, 0.1) is 0 Å². The molecule has 0 unspecified atom stereocenters. The van der Waals surface area contributed by atoms with Crippen LogP contribution in [0.2, 0.25) is 0 Å². The lowest BCUT2D eigenvalue weighted by Crippen LogP contribution is -2.40. The van der Waals surface area contributed by atoms with Crippen LogP contribution in [0.5, 0.6) is 5.75 Å². The van der Waals surface area contributed by atoms with Gasteiger partial charge in [0.25, 0.3) is 5.91 Å². The highest BCUT2D eigenvalue weighted by molar-refractivity contribution is 7.89. The molecule has 4 rings (SSSR count). The fraction of sp³-hybridized carbons (Fsp3) is 0.458. The number of morpholine rings is 1. The van der Waals surface area contributed by atoms with E-state index in [9.17, 15) is 13.2 Å². The largest absolute Gasteiger partial charge is 0.495 e. The molecule has 0 atom stereocenters. The number of anilines is 1. The third-order valence-electron chi connectivity index (χ3n) is 6.28. The van der Waals surface area contributed by atoms with Crippen LogP contribution >= 0.6 is 0 Å². The molecule has 1 saturated carbocycles. The summed E-state index contributed by atoms with van der Waals surface area (Å²) < 4.78 is 38.0. The van der Waals surface area contributed by atoms with Gasteiger partial charge in [0.05, 0.1) is 30.9 Å². The number of amides is 1. The highest BCUT2D eigenvalue weighted by Crippen LogP contribution is 2.33. The van der Waals surface area contributed by atoms with Gasteiger partial charge in [0.2, 0.25) is 10.0 Å². The van der Waals surface area contributed by atoms with Gasteiger partial charge in [0.15, 0.2) is 0 Å². The smallest absolute Gasteiger partial charge is 0.255 e. The summed E-state index contributed by atoms with van der Waals surface area (Å²) in [4.78, 5) is 13.0. The fourth-order valence-corrected chi connectivity index (χ4v) is 5.85. The SMILES string of the molecule is COc1ccc(S(=O)(=O)N2CCOCC2)cc1NC(=O)c1ccc(C2CCCCC2)cc1. The molecule has 1 aliphatic heterocycles. The molecule has 1 heterocycles. The number of methoxy groups -OCH3 is 1. The van der Waals surface area contributed by atoms with Crippen molar-refractivity contribution in [1.29, 1.82) is 0 Å². The molecular weight excluding hydrogens is 428 g/mol. The summed E-state index contributed by atoms with van der Waals surface area (Å²) >= 11 is 0. The van der Waals surface area contributed by atoms with Gasteiger partial charge in [0.1, 0.15) is 5.75 Å². The minimum Gasteiger partial charge on any atom is -0.495 e. The number of carbonyl (C=O) groups excluding carboxylic acids is 1. The van der Waals surface area contributed by atoms with Crippen molar-refractivity contribution in [1.82, 2.24) is 4.31 Å². The summed E-state index contributed by atoms with van der Waals surface area (Å²) in [7, 11) is -2.20. The molecule has 2 aliphatic rings. The highest BCUT2D eigenvalue weighted by atomic mass is 32.2. The Labute approximate surface area is 189 Å². The number of sulfonamides is 1. The second-order valence-corrected chi connectivity index (χ2v) is 10.2. The van der Waals surface area contributed by atoms with Gasteiger partial charge in [-0.1, -0.05) is 31.4 Å². The number of nitrogens with one attached hydrogen (secondary N) is 1. The quantitative estimate of drug-likeness (QED) is 0.707. The van der Waals surface area contributed by atoms with Crippen molar-refractivity contribution in [3.63, 3.8) is 0 Å². The third-order valence-corrected chi connectivity index (χ3v) is 8.17. The first-order valence-electron chi connectivity index (χ1n) is 11.2. The van der Waals surface area contributed by atoms with Gasteiger partial charge < -0.3 is 14.8 Å². The van der Waals surface area contributed by atoms with Crippen LogP contribution in [0.25, 0.3) is 0 Å². The molecule has 2 aromatic rings. The molecule has 7 nitrogen and oxygen atoms in total. The lowest BCUT2D eigenvalue weighted by molar-refractivity contribution is 0.0730. The predicted molar refractivity (Wildman–Crippen MR) is 123 cm³/mol. The Morgan fingerprint density at radius 1 is 1.03 bits per heavy atom. The normalized spacial score (nSPS) is 18.3. The molecule has 1 amide bonds. The number of carbonyl (C=O) groups is 1. The van der Waals surface area contributed by atoms with E-state index in [0.717, 1.165) is 0 Å². The minimum absolute atomic E-state index is 0.114. The summed E-state index contributed by atoms with van der Waals surface area (Å²) in [5, 5.41) is 2.82. The zero-order valence-corrected chi connectivity index (χ0v) is 19.2. The van der Waals surface area contributed by atoms with Crippen molar-refractivity contribution < 1.29 is 22.7 Å². The first-order chi connectivity index (χ1) is 15.5. The van der Waals surface area contributed by atoms with E-state index in [0.29, 0.717) is 49.2 Å². The van der Waals surface area contributed by atoms with Crippen LogP contribution in [-0.4, -0.2) is 52.0 Å². The van der Waals surface area contributed by atoms with Gasteiger partial charge in [-0.3, -0.25) is 4.79 Å². The van der Waals surface area contributed by atoms with Gasteiger partial charge in [-0.15, -0.1) is 0 Å². The van der Waals surface area contributed by atoms with E-state index >= 15 is 0 Å². The van der Waals surface area contributed by atoms with Crippen molar-refractivity contribution >= 4 is 21.6 Å². The van der Waals surface area contributed by atoms with Crippen molar-refractivity contribution in [3.8, 4) is 5.75 Å². The maximum absolute atomic E-state index is 13.0. The average Bonchev–Trinajstić information content (AvgIpc) is 2.85. The Hall–Kier alpha value is -2.42. The molecule has 0 bridgehead atoms. The summed E-state index contributed by atoms with van der Waals surface area (Å²) in [5.74, 6) is 0.667. The molecule has 0 spiro atoms. The average molecular weight is 459 g/mol. The molecule has 8 heteroatoms. The van der Waals surface area contributed by atoms with Crippen LogP contribution < -0.4 is 10.1 Å². The number of nitrogens with zero attached hydrogens (tertiary/aromatic N) is 1. The Kier molecular flexibility index (Phi) is 7.13. The molecule has 0 radical (unpaired) electrons. The third kappa shape index (κ3) is 4.98. The van der Waals surface area contributed by atoms with Crippen LogP contribution in [-0.2, 0) is 14.8 Å². The molecule has 2 aromatic carbocycles. The number of hydrogen-bond donors (Lipinski definition) is 1. The van der Waals surface area contributed by atoms with Gasteiger partial charge in [0, 0.05) is 18.7 Å². The standard InChI is InChI=1S/C24H30N2O5S/c1-30-23-12-11-21(32(28,29)26-13-15-31-16-14-26)17-22(23)25-24(27)20-9-7-19(8-10-20)18-5-3-2-4-6-18/h7-12,17-18H,2-6,13-16H2,1H3,(H,25,27). The summed E-state index contributed by atoms with van der Waals surface area (Å²) in [5.41, 5.74) is 2.12. The van der Waals surface area contributed by atoms with Crippen LogP contribution in [0.1, 0.15) is 53.9 Å². The lowest BCUT2D eigenvalue weighted by Gasteiger charge is -2.26. The van der Waals surface area contributed by atoms with Crippen LogP contribution in [0.4, 0.5) is 5.69 Å². The summed E-state index contributed by atoms with van der Waals surface area (Å²) in [6.45, 7) is 1.36. The molecule has 1 saturated heterocycles. The van der Waals surface area contributed by atoms with E-state index in [1.807, 2.05) is 24.3 Å². The Morgan fingerprint density at radius 3 is 2.38 bits per heavy atom. The lowest BCUT2D eigenvalue weighted by atomic mass is 9.84. The molecule has 0 aromatic heterocycles. The number of hydrogen-bond acceptors (Lipinski definition) is 5. The topological polar surface area (TPSA) is 84.9 Å². The second kappa shape index (κ2) is 10.0. The van der Waals surface area contributed by atoms with Gasteiger partial charge in [-0.2, -0.15) is 4.31 Å². The van der Waals surface area contributed by atoms with E-state index in [4.69, 9.17) is 9.47 Å². The van der Waals surface area contributed by atoms with Crippen molar-refractivity contribution in [3.05, 3.63) is 53.6 Å². The van der Waals surface area contributed by atoms with Crippen molar-refractivity contribution in [2.24, 2.45) is 0 Å². The van der Waals surface area contributed by atoms with Crippen molar-refractivity contribution in [2.75, 3.05) is 38.7 Å². The van der Waals surface area contributed by atoms with Gasteiger partial charge in [-0.05, 0) is 54.7 Å². The summed E-state index contributed by atoms with van der Waals surface area (Å²) in [6.07, 6.45) is 6.23. The zero-order valence-electron chi connectivity index (χ0n) is 18.4. The molecular formula is C24H30N2O5S. The minimum atomic E-state index is -3.68. The first-order valence-corrected chi connectivity index (χ1v) is 12.6. The maximum Gasteiger partial charge on any atom is 0.255 e. The van der Waals surface area contributed by atoms with Crippen LogP contribution in [0.3, 0.4) is 0 Å². The van der Waals surface area contributed by atoms with E-state index in [2.05, 4.69) is 5.32 Å². The monoisotopic (exact) mass is 458 g/mol. The van der Waals surface area contributed by atoms with E-state index in [-0.39, 0.29) is 10.8 Å². The summed E-state index contributed by atoms with van der Waals surface area (Å²) in [6, 6.07) is 12.2. The second-order valence-electron chi connectivity index (χ2n) is 8.29.